The van der Waals surface area contributed by atoms with Crippen LogP contribution in [0.3, 0.4) is 0 Å². The van der Waals surface area contributed by atoms with Gasteiger partial charge in [0.15, 0.2) is 6.04 Å². The van der Waals surface area contributed by atoms with E-state index >= 15 is 0 Å². The summed E-state index contributed by atoms with van der Waals surface area (Å²) in [6.45, 7) is 0. The highest BCUT2D eigenvalue weighted by atomic mass is 32.2. The number of hydrogen-bond acceptors (Lipinski definition) is 4. The molecular formula is C19H19N4OS+. The molecule has 25 heavy (non-hydrogen) atoms. The molecule has 5 nitrogen and oxygen atoms in total. The van der Waals surface area contributed by atoms with Crippen molar-refractivity contribution in [2.45, 2.75) is 23.4 Å². The fourth-order valence-corrected chi connectivity index (χ4v) is 3.54. The highest BCUT2D eigenvalue weighted by molar-refractivity contribution is 7.98. The van der Waals surface area contributed by atoms with Gasteiger partial charge in [-0.15, -0.1) is 10.2 Å². The number of aromatic nitrogens is 3. The molecule has 0 saturated carbocycles. The van der Waals surface area contributed by atoms with E-state index in [9.17, 15) is 0 Å². The maximum atomic E-state index is 5.80. The number of aromatic amines is 1. The molecule has 6 heteroatoms. The lowest BCUT2D eigenvalue weighted by Crippen LogP contribution is -2.54. The van der Waals surface area contributed by atoms with E-state index in [0.29, 0.717) is 11.1 Å². The molecule has 0 saturated heterocycles. The fourth-order valence-electron chi connectivity index (χ4n) is 2.82. The van der Waals surface area contributed by atoms with Gasteiger partial charge < -0.3 is 15.1 Å². The zero-order valence-electron chi connectivity index (χ0n) is 13.7. The smallest absolute Gasteiger partial charge is 0.277 e. The lowest BCUT2D eigenvalue weighted by atomic mass is 10.1. The molecule has 0 aliphatic heterocycles. The summed E-state index contributed by atoms with van der Waals surface area (Å²) >= 11 is 1.55. The van der Waals surface area contributed by atoms with Gasteiger partial charge >= 0.3 is 0 Å². The van der Waals surface area contributed by atoms with Gasteiger partial charge in [-0.3, -0.25) is 0 Å². The van der Waals surface area contributed by atoms with E-state index in [1.54, 1.807) is 11.8 Å². The Labute approximate surface area is 149 Å². The van der Waals surface area contributed by atoms with Crippen molar-refractivity contribution in [2.24, 2.45) is 0 Å². The Morgan fingerprint density at radius 3 is 2.72 bits per heavy atom. The van der Waals surface area contributed by atoms with E-state index in [1.165, 1.54) is 16.5 Å². The molecule has 0 bridgehead atoms. The minimum Gasteiger partial charge on any atom is -0.410 e. The third kappa shape index (κ3) is 3.60. The van der Waals surface area contributed by atoms with Gasteiger partial charge in [0.25, 0.3) is 11.1 Å². The van der Waals surface area contributed by atoms with E-state index < -0.39 is 0 Å². The number of rotatable bonds is 6. The second-order valence-corrected chi connectivity index (χ2v) is 6.87. The molecule has 126 valence electrons. The topological polar surface area (TPSA) is 82.4 Å². The van der Waals surface area contributed by atoms with E-state index in [4.69, 9.17) is 4.42 Å². The molecule has 4 aromatic rings. The first-order chi connectivity index (χ1) is 12.3. The van der Waals surface area contributed by atoms with Crippen LogP contribution >= 0.6 is 11.8 Å². The van der Waals surface area contributed by atoms with E-state index in [1.807, 2.05) is 36.5 Å². The molecule has 4 rings (SSSR count). The summed E-state index contributed by atoms with van der Waals surface area (Å²) in [5.41, 5.74) is 7.78. The average Bonchev–Trinajstić information content (AvgIpc) is 3.29. The highest BCUT2D eigenvalue weighted by Gasteiger charge is 2.20. The van der Waals surface area contributed by atoms with Gasteiger partial charge in [-0.25, -0.2) is 0 Å². The van der Waals surface area contributed by atoms with Gasteiger partial charge in [0, 0.05) is 29.3 Å². The molecule has 0 aliphatic rings. The molecule has 4 N–H and O–H groups in total. The Balaban J connectivity index is 1.42. The first-order valence-electron chi connectivity index (χ1n) is 8.18. The van der Waals surface area contributed by atoms with Crippen molar-refractivity contribution in [2.75, 3.05) is 0 Å². The van der Waals surface area contributed by atoms with Crippen LogP contribution in [0.5, 0.6) is 0 Å². The Bertz CT molecular complexity index is 964. The Kier molecular flexibility index (Phi) is 4.54. The predicted molar refractivity (Wildman–Crippen MR) is 97.9 cm³/mol. The molecule has 0 aliphatic carbocycles. The van der Waals surface area contributed by atoms with Crippen LogP contribution in [0, 0.1) is 0 Å². The number of hydrogen-bond donors (Lipinski definition) is 2. The van der Waals surface area contributed by atoms with Gasteiger partial charge in [0.1, 0.15) is 0 Å². The largest absolute Gasteiger partial charge is 0.410 e. The summed E-state index contributed by atoms with van der Waals surface area (Å²) in [6.07, 6.45) is 2.79. The number of H-pyrrole nitrogens is 1. The monoisotopic (exact) mass is 351 g/mol. The van der Waals surface area contributed by atoms with Crippen molar-refractivity contribution < 1.29 is 10.2 Å². The van der Waals surface area contributed by atoms with Crippen molar-refractivity contribution >= 4 is 22.7 Å². The van der Waals surface area contributed by atoms with Crippen molar-refractivity contribution in [1.82, 2.24) is 15.2 Å². The maximum absolute atomic E-state index is 5.80. The SMILES string of the molecule is [NH3+]C(Cc1c[nH]c2ccccc12)c1nnc(SCc2ccccc2)o1. The van der Waals surface area contributed by atoms with Crippen LogP contribution < -0.4 is 5.73 Å². The molecule has 1 unspecified atom stereocenters. The van der Waals surface area contributed by atoms with Gasteiger partial charge in [-0.1, -0.05) is 60.3 Å². The number of nitrogens with one attached hydrogen (secondary N) is 1. The first kappa shape index (κ1) is 15.9. The third-order valence-electron chi connectivity index (χ3n) is 4.12. The number of thioether (sulfide) groups is 1. The molecule has 2 aromatic heterocycles. The summed E-state index contributed by atoms with van der Waals surface area (Å²) in [7, 11) is 0. The van der Waals surface area contributed by atoms with Gasteiger partial charge in [-0.2, -0.15) is 0 Å². The normalized spacial score (nSPS) is 12.5. The second-order valence-electron chi connectivity index (χ2n) is 5.94. The Morgan fingerprint density at radius 2 is 1.84 bits per heavy atom. The number of quaternary nitrogens is 1. The molecule has 2 aromatic carbocycles. The van der Waals surface area contributed by atoms with Crippen LogP contribution in [-0.2, 0) is 12.2 Å². The molecule has 2 heterocycles. The van der Waals surface area contributed by atoms with Crippen molar-refractivity contribution in [3.05, 3.63) is 77.8 Å². The van der Waals surface area contributed by atoms with Crippen LogP contribution in [0.15, 0.2) is 70.4 Å². The standard InChI is InChI=1S/C19H18N4OS/c20-16(10-14-11-21-17-9-5-4-8-15(14)17)18-22-23-19(24-18)25-12-13-6-2-1-3-7-13/h1-9,11,16,21H,10,12,20H2/p+1. The van der Waals surface area contributed by atoms with Crippen molar-refractivity contribution in [3.8, 4) is 0 Å². The Morgan fingerprint density at radius 1 is 1.04 bits per heavy atom. The minimum absolute atomic E-state index is 0.0715. The molecule has 0 fully saturated rings. The van der Waals surface area contributed by atoms with E-state index in [0.717, 1.165) is 17.7 Å². The number of nitrogens with zero attached hydrogens (tertiary/aromatic N) is 2. The van der Waals surface area contributed by atoms with Crippen molar-refractivity contribution in [1.29, 1.82) is 0 Å². The number of benzene rings is 2. The highest BCUT2D eigenvalue weighted by Crippen LogP contribution is 2.25. The van der Waals surface area contributed by atoms with Crippen molar-refractivity contribution in [3.63, 3.8) is 0 Å². The summed E-state index contributed by atoms with van der Waals surface area (Å²) < 4.78 is 5.80. The number of para-hydroxylation sites is 1. The lowest BCUT2D eigenvalue weighted by molar-refractivity contribution is -0.431. The molecule has 1 atom stereocenters. The van der Waals surface area contributed by atoms with E-state index in [2.05, 4.69) is 45.2 Å². The zero-order valence-corrected chi connectivity index (χ0v) is 14.5. The van der Waals surface area contributed by atoms with Crippen LogP contribution in [-0.4, -0.2) is 15.2 Å². The maximum Gasteiger partial charge on any atom is 0.277 e. The lowest BCUT2D eigenvalue weighted by Gasteiger charge is -2.03. The molecule has 0 spiro atoms. The summed E-state index contributed by atoms with van der Waals surface area (Å²) in [4.78, 5) is 3.29. The first-order valence-corrected chi connectivity index (χ1v) is 9.16. The third-order valence-corrected chi connectivity index (χ3v) is 5.01. The second kappa shape index (κ2) is 7.13. The van der Waals surface area contributed by atoms with Crippen LogP contribution in [0.25, 0.3) is 10.9 Å². The molecular weight excluding hydrogens is 332 g/mol. The van der Waals surface area contributed by atoms with Gasteiger partial charge in [0.2, 0.25) is 0 Å². The quantitative estimate of drug-likeness (QED) is 0.522. The van der Waals surface area contributed by atoms with Crippen LogP contribution in [0.2, 0.25) is 0 Å². The van der Waals surface area contributed by atoms with E-state index in [-0.39, 0.29) is 6.04 Å². The van der Waals surface area contributed by atoms with Crippen LogP contribution in [0.1, 0.15) is 23.1 Å². The summed E-state index contributed by atoms with van der Waals surface area (Å²) in [6, 6.07) is 18.4. The summed E-state index contributed by atoms with van der Waals surface area (Å²) in [5, 5.41) is 10.1. The number of fused-ring (bicyclic) bond motifs is 1. The summed E-state index contributed by atoms with van der Waals surface area (Å²) in [5.74, 6) is 1.40. The minimum atomic E-state index is -0.0715. The van der Waals surface area contributed by atoms with Gasteiger partial charge in [0.05, 0.1) is 0 Å². The molecule has 0 radical (unpaired) electrons. The van der Waals surface area contributed by atoms with Gasteiger partial charge in [-0.05, 0) is 17.2 Å². The fraction of sp³-hybridized carbons (Fsp3) is 0.158. The Hall–Kier alpha value is -2.57. The average molecular weight is 351 g/mol. The molecule has 0 amide bonds. The predicted octanol–water partition coefficient (Wildman–Crippen LogP) is 3.37. The zero-order chi connectivity index (χ0) is 17.1. The van der Waals surface area contributed by atoms with Crippen LogP contribution in [0.4, 0.5) is 0 Å².